The number of ether oxygens (including phenoxy) is 1. The molecule has 0 saturated carbocycles. The van der Waals surface area contributed by atoms with Gasteiger partial charge in [-0.25, -0.2) is 0 Å². The van der Waals surface area contributed by atoms with Crippen LogP contribution in [0.2, 0.25) is 0 Å². The second kappa shape index (κ2) is 6.62. The van der Waals surface area contributed by atoms with E-state index in [0.29, 0.717) is 13.2 Å². The van der Waals surface area contributed by atoms with Gasteiger partial charge in [-0.1, -0.05) is 6.08 Å². The number of aliphatic carboxylic acids is 1. The van der Waals surface area contributed by atoms with Crippen LogP contribution in [0.15, 0.2) is 12.7 Å². The van der Waals surface area contributed by atoms with Gasteiger partial charge >= 0.3 is 5.97 Å². The van der Waals surface area contributed by atoms with Crippen LogP contribution < -0.4 is 0 Å². The number of carboxylic acid groups (broad SMARTS) is 1. The summed E-state index contributed by atoms with van der Waals surface area (Å²) in [4.78, 5) is 12.3. The lowest BCUT2D eigenvalue weighted by molar-refractivity contribution is -0.138. The fraction of sp³-hybridized carbons (Fsp3) is 0.667. The highest BCUT2D eigenvalue weighted by atomic mass is 16.5. The maximum atomic E-state index is 10.5. The fourth-order valence-corrected chi connectivity index (χ4v) is 0.958. The van der Waals surface area contributed by atoms with Gasteiger partial charge in [0, 0.05) is 19.7 Å². The summed E-state index contributed by atoms with van der Waals surface area (Å²) in [6, 6.07) is 0.0613. The van der Waals surface area contributed by atoms with Crippen molar-refractivity contribution in [3.05, 3.63) is 12.7 Å². The Balaban J connectivity index is 4.01. The Kier molecular flexibility index (Phi) is 6.18. The highest BCUT2D eigenvalue weighted by Gasteiger charge is 2.13. The Labute approximate surface area is 78.8 Å². The van der Waals surface area contributed by atoms with Crippen LogP contribution in [0.5, 0.6) is 0 Å². The molecular weight excluding hydrogens is 170 g/mol. The minimum Gasteiger partial charge on any atom is -0.480 e. The van der Waals surface area contributed by atoms with E-state index in [9.17, 15) is 4.79 Å². The summed E-state index contributed by atoms with van der Waals surface area (Å²) >= 11 is 0. The number of methoxy groups -OCH3 is 1. The van der Waals surface area contributed by atoms with Crippen LogP contribution in [0.25, 0.3) is 0 Å². The van der Waals surface area contributed by atoms with Gasteiger partial charge in [0.2, 0.25) is 0 Å². The molecule has 0 saturated heterocycles. The highest BCUT2D eigenvalue weighted by molar-refractivity contribution is 5.69. The molecule has 0 fully saturated rings. The van der Waals surface area contributed by atoms with Crippen LogP contribution in [0.3, 0.4) is 0 Å². The molecule has 0 radical (unpaired) electrons. The molecular formula is C9H17NO3. The Bertz CT molecular complexity index is 170. The van der Waals surface area contributed by atoms with Crippen molar-refractivity contribution < 1.29 is 14.6 Å². The normalized spacial score (nSPS) is 12.8. The summed E-state index contributed by atoms with van der Waals surface area (Å²) < 4.78 is 4.88. The van der Waals surface area contributed by atoms with Crippen LogP contribution >= 0.6 is 0 Å². The first-order valence-corrected chi connectivity index (χ1v) is 4.19. The first-order valence-electron chi connectivity index (χ1n) is 4.19. The Morgan fingerprint density at radius 1 is 1.77 bits per heavy atom. The van der Waals surface area contributed by atoms with Crippen LogP contribution in [0.4, 0.5) is 0 Å². The molecule has 4 heteroatoms. The smallest absolute Gasteiger partial charge is 0.317 e. The van der Waals surface area contributed by atoms with Gasteiger partial charge in [0.25, 0.3) is 0 Å². The van der Waals surface area contributed by atoms with Gasteiger partial charge in [0.05, 0.1) is 13.2 Å². The molecule has 0 aliphatic rings. The molecule has 1 atom stereocenters. The van der Waals surface area contributed by atoms with E-state index in [1.807, 2.05) is 6.92 Å². The van der Waals surface area contributed by atoms with Gasteiger partial charge in [-0.2, -0.15) is 0 Å². The molecule has 0 heterocycles. The third-order valence-corrected chi connectivity index (χ3v) is 1.84. The zero-order valence-corrected chi connectivity index (χ0v) is 8.19. The molecule has 0 aromatic heterocycles. The highest BCUT2D eigenvalue weighted by Crippen LogP contribution is 1.99. The number of nitrogens with zero attached hydrogens (tertiary/aromatic N) is 1. The topological polar surface area (TPSA) is 49.8 Å². The van der Waals surface area contributed by atoms with Crippen molar-refractivity contribution in [2.75, 3.05) is 26.8 Å². The Hall–Kier alpha value is -0.870. The Morgan fingerprint density at radius 2 is 2.38 bits per heavy atom. The first kappa shape index (κ1) is 12.1. The molecule has 0 rings (SSSR count). The largest absolute Gasteiger partial charge is 0.480 e. The predicted octanol–water partition coefficient (Wildman–Crippen LogP) is 0.594. The van der Waals surface area contributed by atoms with Crippen LogP contribution in [0.1, 0.15) is 6.92 Å². The van der Waals surface area contributed by atoms with E-state index in [0.717, 1.165) is 0 Å². The maximum absolute atomic E-state index is 10.5. The van der Waals surface area contributed by atoms with E-state index in [-0.39, 0.29) is 12.6 Å². The average Bonchev–Trinajstić information content (AvgIpc) is 2.10. The zero-order valence-electron chi connectivity index (χ0n) is 8.19. The third kappa shape index (κ3) is 5.38. The maximum Gasteiger partial charge on any atom is 0.317 e. The van der Waals surface area contributed by atoms with Gasteiger partial charge in [-0.15, -0.1) is 6.58 Å². The molecule has 0 amide bonds. The summed E-state index contributed by atoms with van der Waals surface area (Å²) in [6.45, 7) is 6.69. The van der Waals surface area contributed by atoms with Crippen molar-refractivity contribution in [3.63, 3.8) is 0 Å². The number of hydrogen-bond acceptors (Lipinski definition) is 3. The molecule has 0 aliphatic heterocycles. The summed E-state index contributed by atoms with van der Waals surface area (Å²) in [5.41, 5.74) is 0. The van der Waals surface area contributed by atoms with Crippen LogP contribution in [0, 0.1) is 0 Å². The molecule has 1 unspecified atom stereocenters. The second-order valence-electron chi connectivity index (χ2n) is 2.83. The second-order valence-corrected chi connectivity index (χ2v) is 2.83. The minimum absolute atomic E-state index is 0.0244. The predicted molar refractivity (Wildman–Crippen MR) is 50.7 cm³/mol. The van der Waals surface area contributed by atoms with Gasteiger partial charge < -0.3 is 9.84 Å². The molecule has 0 spiro atoms. The van der Waals surface area contributed by atoms with Crippen molar-refractivity contribution in [2.24, 2.45) is 0 Å². The van der Waals surface area contributed by atoms with Crippen molar-refractivity contribution in [1.82, 2.24) is 4.90 Å². The quantitative estimate of drug-likeness (QED) is 0.593. The number of carbonyl (C=O) groups is 1. The summed E-state index contributed by atoms with van der Waals surface area (Å²) in [5, 5.41) is 8.61. The average molecular weight is 187 g/mol. The van der Waals surface area contributed by atoms with Gasteiger partial charge in [0.15, 0.2) is 0 Å². The molecule has 13 heavy (non-hydrogen) atoms. The van der Waals surface area contributed by atoms with Crippen molar-refractivity contribution >= 4 is 5.97 Å². The van der Waals surface area contributed by atoms with Gasteiger partial charge in [0.1, 0.15) is 0 Å². The lowest BCUT2D eigenvalue weighted by Gasteiger charge is -2.24. The SMILES string of the molecule is C=CC(C)N(CCOC)CC(=O)O. The van der Waals surface area contributed by atoms with Crippen LogP contribution in [-0.2, 0) is 9.53 Å². The van der Waals surface area contributed by atoms with E-state index in [2.05, 4.69) is 6.58 Å². The molecule has 0 aromatic carbocycles. The van der Waals surface area contributed by atoms with Crippen molar-refractivity contribution in [1.29, 1.82) is 0 Å². The lowest BCUT2D eigenvalue weighted by Crippen LogP contribution is -2.38. The number of hydrogen-bond donors (Lipinski definition) is 1. The first-order chi connectivity index (χ1) is 6.11. The minimum atomic E-state index is -0.829. The van der Waals surface area contributed by atoms with E-state index in [1.165, 1.54) is 0 Å². The number of rotatable bonds is 7. The third-order valence-electron chi connectivity index (χ3n) is 1.84. The summed E-state index contributed by atoms with van der Waals surface area (Å²) in [7, 11) is 1.59. The van der Waals surface area contributed by atoms with Gasteiger partial charge in [-0.05, 0) is 6.92 Å². The summed E-state index contributed by atoms with van der Waals surface area (Å²) in [6.07, 6.45) is 1.72. The molecule has 4 nitrogen and oxygen atoms in total. The molecule has 0 aromatic rings. The summed E-state index contributed by atoms with van der Waals surface area (Å²) in [5.74, 6) is -0.829. The Morgan fingerprint density at radius 3 is 2.77 bits per heavy atom. The van der Waals surface area contributed by atoms with E-state index in [4.69, 9.17) is 9.84 Å². The van der Waals surface area contributed by atoms with E-state index < -0.39 is 5.97 Å². The van der Waals surface area contributed by atoms with Gasteiger partial charge in [-0.3, -0.25) is 9.69 Å². The number of carboxylic acids is 1. The zero-order chi connectivity index (χ0) is 10.3. The lowest BCUT2D eigenvalue weighted by atomic mass is 10.3. The molecule has 0 bridgehead atoms. The molecule has 1 N–H and O–H groups in total. The van der Waals surface area contributed by atoms with Crippen LogP contribution in [-0.4, -0.2) is 48.8 Å². The van der Waals surface area contributed by atoms with E-state index >= 15 is 0 Å². The molecule has 76 valence electrons. The van der Waals surface area contributed by atoms with Crippen molar-refractivity contribution in [2.45, 2.75) is 13.0 Å². The fourth-order valence-electron chi connectivity index (χ4n) is 0.958. The molecule has 0 aliphatic carbocycles. The standard InChI is InChI=1S/C9H17NO3/c1-4-8(2)10(5-6-13-3)7-9(11)12/h4,8H,1,5-7H2,2-3H3,(H,11,12). The van der Waals surface area contributed by atoms with E-state index in [1.54, 1.807) is 18.1 Å². The van der Waals surface area contributed by atoms with Crippen molar-refractivity contribution in [3.8, 4) is 0 Å². The monoisotopic (exact) mass is 187 g/mol.